The topological polar surface area (TPSA) is 112 Å². The zero-order chi connectivity index (χ0) is 14.7. The van der Waals surface area contributed by atoms with Crippen molar-refractivity contribution in [3.05, 3.63) is 39.1 Å². The van der Waals surface area contributed by atoms with Gasteiger partial charge in [-0.1, -0.05) is 0 Å². The summed E-state index contributed by atoms with van der Waals surface area (Å²) in [6, 6.07) is 3.82. The lowest BCUT2D eigenvalue weighted by molar-refractivity contribution is 0.865. The summed E-state index contributed by atoms with van der Waals surface area (Å²) in [7, 11) is 1.81. The predicted molar refractivity (Wildman–Crippen MR) is 73.5 cm³/mol. The molecule has 0 spiro atoms. The first kappa shape index (κ1) is 13.5. The maximum absolute atomic E-state index is 11.3. The van der Waals surface area contributed by atoms with Crippen LogP contribution in [0.4, 0.5) is 5.95 Å². The molecule has 2 aromatic heterocycles. The van der Waals surface area contributed by atoms with E-state index in [1.807, 2.05) is 14.0 Å². The molecule has 2 heterocycles. The molecular formula is C12H13N7O. The fourth-order valence-electron chi connectivity index (χ4n) is 1.57. The van der Waals surface area contributed by atoms with Gasteiger partial charge in [0.15, 0.2) is 0 Å². The van der Waals surface area contributed by atoms with E-state index in [0.29, 0.717) is 5.69 Å². The average molecular weight is 271 g/mol. The molecule has 20 heavy (non-hydrogen) atoms. The molecule has 0 aliphatic heterocycles. The first-order chi connectivity index (χ1) is 9.52. The summed E-state index contributed by atoms with van der Waals surface area (Å²) in [5.74, 6) is 0.158. The van der Waals surface area contributed by atoms with E-state index in [2.05, 4.69) is 31.8 Å². The molecule has 0 saturated carbocycles. The Balaban J connectivity index is 2.16. The normalized spacial score (nSPS) is 10.7. The van der Waals surface area contributed by atoms with Gasteiger partial charge in [0, 0.05) is 18.3 Å². The Labute approximate surface area is 114 Å². The molecule has 8 heteroatoms. The van der Waals surface area contributed by atoms with E-state index in [0.717, 1.165) is 11.3 Å². The Hall–Kier alpha value is -2.95. The van der Waals surface area contributed by atoms with E-state index in [1.54, 1.807) is 23.8 Å². The summed E-state index contributed by atoms with van der Waals surface area (Å²) in [6.07, 6.45) is 1.55. The molecular weight excluding hydrogens is 258 g/mol. The van der Waals surface area contributed by atoms with Gasteiger partial charge in [0.05, 0.1) is 6.21 Å². The van der Waals surface area contributed by atoms with Gasteiger partial charge in [0.2, 0.25) is 5.95 Å². The van der Waals surface area contributed by atoms with E-state index in [9.17, 15) is 4.79 Å². The number of aromatic nitrogens is 4. The number of nitrogens with zero attached hydrogens (tertiary/aromatic N) is 5. The largest absolute Gasteiger partial charge is 0.339 e. The number of H-pyrrole nitrogens is 1. The third-order valence-corrected chi connectivity index (χ3v) is 2.92. The molecule has 102 valence electrons. The van der Waals surface area contributed by atoms with Crippen molar-refractivity contribution in [1.29, 1.82) is 5.26 Å². The molecule has 0 unspecified atom stereocenters. The third kappa shape index (κ3) is 2.56. The highest BCUT2D eigenvalue weighted by atomic mass is 16.1. The SMILES string of the molecule is Cc1nnc(N/N=C\c2cc(C#N)n(C)c2C)[nH]c1=O. The van der Waals surface area contributed by atoms with Crippen LogP contribution in [0.15, 0.2) is 16.0 Å². The van der Waals surface area contributed by atoms with Gasteiger partial charge in [-0.05, 0) is 19.9 Å². The summed E-state index contributed by atoms with van der Waals surface area (Å²) in [5, 5.41) is 20.3. The second-order valence-electron chi connectivity index (χ2n) is 4.20. The van der Waals surface area contributed by atoms with Crippen molar-refractivity contribution in [1.82, 2.24) is 19.7 Å². The average Bonchev–Trinajstić information content (AvgIpc) is 2.70. The van der Waals surface area contributed by atoms with Gasteiger partial charge in [0.1, 0.15) is 17.5 Å². The summed E-state index contributed by atoms with van der Waals surface area (Å²) in [4.78, 5) is 13.8. The number of hydrogen-bond donors (Lipinski definition) is 2. The van der Waals surface area contributed by atoms with Gasteiger partial charge in [-0.15, -0.1) is 10.2 Å². The Morgan fingerprint density at radius 3 is 2.85 bits per heavy atom. The van der Waals surface area contributed by atoms with Crippen molar-refractivity contribution in [3.8, 4) is 6.07 Å². The fourth-order valence-corrected chi connectivity index (χ4v) is 1.57. The molecule has 0 amide bonds. The van der Waals surface area contributed by atoms with E-state index < -0.39 is 0 Å². The first-order valence-corrected chi connectivity index (χ1v) is 5.82. The maximum Gasteiger partial charge on any atom is 0.274 e. The zero-order valence-electron chi connectivity index (χ0n) is 11.3. The van der Waals surface area contributed by atoms with Crippen molar-refractivity contribution in [2.45, 2.75) is 13.8 Å². The number of nitrogens with one attached hydrogen (secondary N) is 2. The van der Waals surface area contributed by atoms with Crippen LogP contribution in [-0.4, -0.2) is 26.0 Å². The van der Waals surface area contributed by atoms with Gasteiger partial charge in [-0.25, -0.2) is 5.43 Å². The van der Waals surface area contributed by atoms with Crippen LogP contribution in [0.1, 0.15) is 22.6 Å². The van der Waals surface area contributed by atoms with E-state index >= 15 is 0 Å². The lowest BCUT2D eigenvalue weighted by atomic mass is 10.3. The standard InChI is InChI=1S/C12H13N7O/c1-7-11(20)15-12(18-16-7)17-14-6-9-4-10(5-13)19(3)8(9)2/h4,6H,1-3H3,(H2,15,17,18,20)/b14-6-. The number of aryl methyl sites for hydroxylation is 1. The number of anilines is 1. The van der Waals surface area contributed by atoms with Crippen LogP contribution < -0.4 is 11.0 Å². The third-order valence-electron chi connectivity index (χ3n) is 2.92. The van der Waals surface area contributed by atoms with Crippen molar-refractivity contribution >= 4 is 12.2 Å². The molecule has 0 aromatic carbocycles. The van der Waals surface area contributed by atoms with E-state index in [-0.39, 0.29) is 17.2 Å². The number of hydrogen-bond acceptors (Lipinski definition) is 6. The highest BCUT2D eigenvalue weighted by Crippen LogP contribution is 2.10. The van der Waals surface area contributed by atoms with Crippen molar-refractivity contribution < 1.29 is 0 Å². The second-order valence-corrected chi connectivity index (χ2v) is 4.20. The smallest absolute Gasteiger partial charge is 0.274 e. The Kier molecular flexibility index (Phi) is 3.61. The van der Waals surface area contributed by atoms with Crippen LogP contribution in [0.3, 0.4) is 0 Å². The highest BCUT2D eigenvalue weighted by Gasteiger charge is 2.06. The number of rotatable bonds is 3. The Morgan fingerprint density at radius 1 is 1.50 bits per heavy atom. The molecule has 8 nitrogen and oxygen atoms in total. The molecule has 0 atom stereocenters. The van der Waals surface area contributed by atoms with Gasteiger partial charge >= 0.3 is 0 Å². The molecule has 0 aliphatic rings. The van der Waals surface area contributed by atoms with Crippen LogP contribution >= 0.6 is 0 Å². The van der Waals surface area contributed by atoms with Crippen LogP contribution in [0.2, 0.25) is 0 Å². The van der Waals surface area contributed by atoms with Crippen LogP contribution in [0, 0.1) is 25.2 Å². The second kappa shape index (κ2) is 5.36. The summed E-state index contributed by atoms with van der Waals surface area (Å²) in [6.45, 7) is 3.45. The summed E-state index contributed by atoms with van der Waals surface area (Å²) >= 11 is 0. The predicted octanol–water partition coefficient (Wildman–Crippen LogP) is 0.438. The number of nitriles is 1. The minimum atomic E-state index is -0.319. The Bertz CT molecular complexity index is 763. The van der Waals surface area contributed by atoms with Gasteiger partial charge < -0.3 is 4.57 Å². The van der Waals surface area contributed by atoms with Crippen molar-refractivity contribution in [2.24, 2.45) is 12.1 Å². The molecule has 2 aromatic rings. The molecule has 0 radical (unpaired) electrons. The minimum absolute atomic E-state index is 0.158. The fraction of sp³-hybridized carbons (Fsp3) is 0.250. The lowest BCUT2D eigenvalue weighted by Crippen LogP contribution is -2.15. The highest BCUT2D eigenvalue weighted by molar-refractivity contribution is 5.82. The van der Waals surface area contributed by atoms with Crippen molar-refractivity contribution in [3.63, 3.8) is 0 Å². The minimum Gasteiger partial charge on any atom is -0.339 e. The van der Waals surface area contributed by atoms with Crippen LogP contribution in [0.25, 0.3) is 0 Å². The maximum atomic E-state index is 11.3. The quantitative estimate of drug-likeness (QED) is 0.621. The van der Waals surface area contributed by atoms with Gasteiger partial charge in [-0.2, -0.15) is 10.4 Å². The monoisotopic (exact) mass is 271 g/mol. The van der Waals surface area contributed by atoms with Crippen LogP contribution in [-0.2, 0) is 7.05 Å². The first-order valence-electron chi connectivity index (χ1n) is 5.82. The summed E-state index contributed by atoms with van der Waals surface area (Å²) in [5.41, 5.74) is 4.82. The molecule has 0 bridgehead atoms. The summed E-state index contributed by atoms with van der Waals surface area (Å²) < 4.78 is 1.77. The molecule has 2 rings (SSSR count). The Morgan fingerprint density at radius 2 is 2.25 bits per heavy atom. The van der Waals surface area contributed by atoms with Crippen LogP contribution in [0.5, 0.6) is 0 Å². The lowest BCUT2D eigenvalue weighted by Gasteiger charge is -1.99. The molecule has 0 aliphatic carbocycles. The van der Waals surface area contributed by atoms with Crippen molar-refractivity contribution in [2.75, 3.05) is 5.43 Å². The molecule has 0 saturated heterocycles. The molecule has 0 fully saturated rings. The molecule has 2 N–H and O–H groups in total. The van der Waals surface area contributed by atoms with Gasteiger partial charge in [-0.3, -0.25) is 9.78 Å². The number of aromatic amines is 1. The van der Waals surface area contributed by atoms with Gasteiger partial charge in [0.25, 0.3) is 5.56 Å². The zero-order valence-corrected chi connectivity index (χ0v) is 11.3. The van der Waals surface area contributed by atoms with E-state index in [4.69, 9.17) is 5.26 Å². The number of hydrazone groups is 1. The van der Waals surface area contributed by atoms with E-state index in [1.165, 1.54) is 0 Å².